The first-order valence-electron chi connectivity index (χ1n) is 7.67. The second-order valence-corrected chi connectivity index (χ2v) is 6.76. The topological polar surface area (TPSA) is 33.7 Å². The van der Waals surface area contributed by atoms with Gasteiger partial charge in [0.25, 0.3) is 0 Å². The molecule has 3 unspecified atom stereocenters. The van der Waals surface area contributed by atoms with Crippen molar-refractivity contribution in [1.29, 1.82) is 0 Å². The molecule has 2 aliphatic rings. The Labute approximate surface area is 117 Å². The molecule has 0 saturated carbocycles. The smallest absolute Gasteiger partial charge is 0.0674 e. The van der Waals surface area contributed by atoms with Crippen molar-refractivity contribution in [3.05, 3.63) is 0 Å². The maximum Gasteiger partial charge on any atom is 0.0674 e. The van der Waals surface area contributed by atoms with E-state index in [1.165, 1.54) is 6.42 Å². The Morgan fingerprint density at radius 2 is 2.16 bits per heavy atom. The summed E-state index contributed by atoms with van der Waals surface area (Å²) < 4.78 is 11.4. The van der Waals surface area contributed by atoms with E-state index in [9.17, 15) is 0 Å². The molecule has 2 rings (SSSR count). The maximum atomic E-state index is 5.73. The van der Waals surface area contributed by atoms with E-state index in [2.05, 4.69) is 37.9 Å². The van der Waals surface area contributed by atoms with Crippen LogP contribution < -0.4 is 5.32 Å². The lowest BCUT2D eigenvalue weighted by Gasteiger charge is -2.42. The van der Waals surface area contributed by atoms with Gasteiger partial charge in [0.2, 0.25) is 0 Å². The quantitative estimate of drug-likeness (QED) is 0.821. The van der Waals surface area contributed by atoms with E-state index < -0.39 is 0 Å². The van der Waals surface area contributed by atoms with E-state index in [0.717, 1.165) is 39.5 Å². The van der Waals surface area contributed by atoms with Crippen LogP contribution >= 0.6 is 0 Å². The molecule has 2 fully saturated rings. The van der Waals surface area contributed by atoms with E-state index in [0.29, 0.717) is 18.2 Å². The van der Waals surface area contributed by atoms with Gasteiger partial charge in [0.05, 0.1) is 19.3 Å². The maximum absolute atomic E-state index is 5.73. The van der Waals surface area contributed by atoms with Crippen molar-refractivity contribution >= 4 is 0 Å². The third-order valence-electron chi connectivity index (χ3n) is 4.35. The van der Waals surface area contributed by atoms with Gasteiger partial charge in [0.1, 0.15) is 0 Å². The van der Waals surface area contributed by atoms with Gasteiger partial charge >= 0.3 is 0 Å². The minimum absolute atomic E-state index is 0.287. The first-order chi connectivity index (χ1) is 9.01. The number of nitrogens with one attached hydrogen (secondary N) is 1. The summed E-state index contributed by atoms with van der Waals surface area (Å²) in [7, 11) is 0. The molecule has 112 valence electrons. The minimum atomic E-state index is 0.287. The number of nitrogens with zero attached hydrogens (tertiary/aromatic N) is 1. The van der Waals surface area contributed by atoms with Crippen molar-refractivity contribution in [2.45, 2.75) is 52.3 Å². The average Bonchev–Trinajstić information content (AvgIpc) is 2.81. The molecule has 0 spiro atoms. The first-order valence-corrected chi connectivity index (χ1v) is 7.67. The zero-order valence-corrected chi connectivity index (χ0v) is 12.9. The molecular formula is C15H30N2O2. The summed E-state index contributed by atoms with van der Waals surface area (Å²) in [5.41, 5.74) is 0.287. The number of rotatable bonds is 5. The highest BCUT2D eigenvalue weighted by atomic mass is 16.5. The van der Waals surface area contributed by atoms with Crippen molar-refractivity contribution < 1.29 is 9.47 Å². The molecule has 4 heteroatoms. The van der Waals surface area contributed by atoms with Gasteiger partial charge < -0.3 is 14.8 Å². The summed E-state index contributed by atoms with van der Waals surface area (Å²) in [5.74, 6) is 0. The molecule has 3 atom stereocenters. The number of morpholine rings is 1. The molecule has 0 amide bonds. The molecule has 0 aromatic heterocycles. The average molecular weight is 270 g/mol. The number of ether oxygens (including phenoxy) is 2. The van der Waals surface area contributed by atoms with Crippen LogP contribution in [-0.4, -0.2) is 62.5 Å². The molecule has 0 aromatic carbocycles. The van der Waals surface area contributed by atoms with E-state index >= 15 is 0 Å². The monoisotopic (exact) mass is 270 g/mol. The molecule has 19 heavy (non-hydrogen) atoms. The third-order valence-corrected chi connectivity index (χ3v) is 4.35. The summed E-state index contributed by atoms with van der Waals surface area (Å²) in [6.07, 6.45) is 1.53. The summed E-state index contributed by atoms with van der Waals surface area (Å²) in [4.78, 5) is 2.59. The van der Waals surface area contributed by atoms with Crippen molar-refractivity contribution in [1.82, 2.24) is 10.2 Å². The van der Waals surface area contributed by atoms with E-state index in [1.807, 2.05) is 0 Å². The van der Waals surface area contributed by atoms with Gasteiger partial charge in [-0.05, 0) is 20.3 Å². The normalized spacial score (nSPS) is 37.1. The lowest BCUT2D eigenvalue weighted by Crippen LogP contribution is -2.54. The largest absolute Gasteiger partial charge is 0.381 e. The van der Waals surface area contributed by atoms with Gasteiger partial charge in [0, 0.05) is 43.7 Å². The molecule has 2 saturated heterocycles. The molecule has 0 bridgehead atoms. The third kappa shape index (κ3) is 4.15. The van der Waals surface area contributed by atoms with E-state index in [4.69, 9.17) is 9.47 Å². The van der Waals surface area contributed by atoms with Crippen molar-refractivity contribution in [2.24, 2.45) is 5.41 Å². The minimum Gasteiger partial charge on any atom is -0.381 e. The summed E-state index contributed by atoms with van der Waals surface area (Å²) >= 11 is 0. The Morgan fingerprint density at radius 1 is 1.37 bits per heavy atom. The zero-order chi connectivity index (χ0) is 13.9. The van der Waals surface area contributed by atoms with Crippen LogP contribution in [0.25, 0.3) is 0 Å². The first kappa shape index (κ1) is 15.2. The van der Waals surface area contributed by atoms with Crippen LogP contribution in [0.2, 0.25) is 0 Å². The number of hydrogen-bond donors (Lipinski definition) is 1. The summed E-state index contributed by atoms with van der Waals surface area (Å²) in [6, 6.07) is 1.06. The molecular weight excluding hydrogens is 240 g/mol. The second kappa shape index (κ2) is 6.53. The highest BCUT2D eigenvalue weighted by molar-refractivity contribution is 4.91. The van der Waals surface area contributed by atoms with Crippen molar-refractivity contribution in [3.63, 3.8) is 0 Å². The molecule has 0 radical (unpaired) electrons. The molecule has 2 aliphatic heterocycles. The van der Waals surface area contributed by atoms with Crippen LogP contribution in [0, 0.1) is 5.41 Å². The molecule has 2 heterocycles. The van der Waals surface area contributed by atoms with Crippen molar-refractivity contribution in [2.75, 3.05) is 39.5 Å². The van der Waals surface area contributed by atoms with Gasteiger partial charge in [-0.15, -0.1) is 0 Å². The summed E-state index contributed by atoms with van der Waals surface area (Å²) in [5, 5.41) is 3.61. The Kier molecular flexibility index (Phi) is 5.23. The summed E-state index contributed by atoms with van der Waals surface area (Å²) in [6.45, 7) is 14.8. The second-order valence-electron chi connectivity index (χ2n) is 6.76. The lowest BCUT2D eigenvalue weighted by molar-refractivity contribution is -0.0637. The highest BCUT2D eigenvalue weighted by Crippen LogP contribution is 2.31. The molecule has 1 N–H and O–H groups in total. The van der Waals surface area contributed by atoms with Gasteiger partial charge in [-0.25, -0.2) is 0 Å². The lowest BCUT2D eigenvalue weighted by atomic mass is 9.85. The van der Waals surface area contributed by atoms with Gasteiger partial charge in [-0.3, -0.25) is 4.90 Å². The molecule has 4 nitrogen and oxygen atoms in total. The number of hydrogen-bond acceptors (Lipinski definition) is 4. The zero-order valence-electron chi connectivity index (χ0n) is 12.9. The fraction of sp³-hybridized carbons (Fsp3) is 1.00. The van der Waals surface area contributed by atoms with E-state index in [-0.39, 0.29) is 5.41 Å². The fourth-order valence-corrected chi connectivity index (χ4v) is 3.01. The van der Waals surface area contributed by atoms with Crippen LogP contribution in [0.5, 0.6) is 0 Å². The van der Waals surface area contributed by atoms with Gasteiger partial charge in [-0.1, -0.05) is 13.8 Å². The van der Waals surface area contributed by atoms with Gasteiger partial charge in [-0.2, -0.15) is 0 Å². The van der Waals surface area contributed by atoms with Gasteiger partial charge in [0.15, 0.2) is 0 Å². The predicted octanol–water partition coefficient (Wildman–Crippen LogP) is 1.50. The van der Waals surface area contributed by atoms with Crippen molar-refractivity contribution in [3.8, 4) is 0 Å². The van der Waals surface area contributed by atoms with E-state index in [1.54, 1.807) is 0 Å². The van der Waals surface area contributed by atoms with Crippen LogP contribution in [0.4, 0.5) is 0 Å². The Hall–Kier alpha value is -0.160. The Bertz CT molecular complexity index is 277. The fourth-order valence-electron chi connectivity index (χ4n) is 3.01. The van der Waals surface area contributed by atoms with Crippen LogP contribution in [0.15, 0.2) is 0 Å². The van der Waals surface area contributed by atoms with Crippen LogP contribution in [0.3, 0.4) is 0 Å². The molecule has 0 aliphatic carbocycles. The predicted molar refractivity (Wildman–Crippen MR) is 77.5 cm³/mol. The molecule has 0 aromatic rings. The highest BCUT2D eigenvalue weighted by Gasteiger charge is 2.38. The standard InChI is InChI=1S/C15H30N2O2/c1-12(2)16-9-15(5-6-18-11-15)10-17-7-14(4)19-8-13(17)3/h12-14,16H,5-11H2,1-4H3. The Balaban J connectivity index is 1.95. The van der Waals surface area contributed by atoms with Crippen LogP contribution in [-0.2, 0) is 9.47 Å². The SMILES string of the molecule is CC(C)NCC1(CN2CC(C)OCC2C)CCOC1. The van der Waals surface area contributed by atoms with Crippen LogP contribution in [0.1, 0.15) is 34.1 Å². The Morgan fingerprint density at radius 3 is 2.79 bits per heavy atom.